The summed E-state index contributed by atoms with van der Waals surface area (Å²) in [6.07, 6.45) is -0.796. The van der Waals surface area contributed by atoms with Crippen LogP contribution in [0.1, 0.15) is 20.8 Å². The van der Waals surface area contributed by atoms with Crippen LogP contribution in [0.2, 0.25) is 0 Å². The van der Waals surface area contributed by atoms with E-state index in [9.17, 15) is 14.4 Å². The average molecular weight is 413 g/mol. The van der Waals surface area contributed by atoms with E-state index in [1.165, 1.54) is 0 Å². The summed E-state index contributed by atoms with van der Waals surface area (Å²) in [4.78, 5) is 38.5. The molecule has 9 heteroatoms. The molecule has 0 aliphatic heterocycles. The number of rotatable bonds is 6. The zero-order valence-corrected chi connectivity index (χ0v) is 17.3. The van der Waals surface area contributed by atoms with Crippen LogP contribution in [0, 0.1) is 0 Å². The second-order valence-electron chi connectivity index (χ2n) is 7.61. The third-order valence-corrected chi connectivity index (χ3v) is 3.79. The van der Waals surface area contributed by atoms with Gasteiger partial charge in [0.1, 0.15) is 18.7 Å². The largest absolute Gasteiger partial charge is 0.444 e. The van der Waals surface area contributed by atoms with Crippen molar-refractivity contribution in [2.24, 2.45) is 0 Å². The zero-order chi connectivity index (χ0) is 22.3. The normalized spacial score (nSPS) is 10.8. The Balaban J connectivity index is 2.10. The highest BCUT2D eigenvalue weighted by atomic mass is 16.6. The lowest BCUT2D eigenvalue weighted by molar-refractivity contribution is -0.120. The van der Waals surface area contributed by atoms with Gasteiger partial charge in [-0.15, -0.1) is 0 Å². The molecule has 0 radical (unpaired) electrons. The van der Waals surface area contributed by atoms with E-state index in [-0.39, 0.29) is 0 Å². The van der Waals surface area contributed by atoms with Crippen molar-refractivity contribution >= 4 is 40.7 Å². The van der Waals surface area contributed by atoms with Gasteiger partial charge in [0, 0.05) is 0 Å². The van der Waals surface area contributed by atoms with Gasteiger partial charge in [0.05, 0.1) is 22.7 Å². The molecule has 30 heavy (non-hydrogen) atoms. The van der Waals surface area contributed by atoms with Gasteiger partial charge >= 0.3 is 6.09 Å². The molecule has 0 saturated heterocycles. The number of hydrogen-bond acceptors (Lipinski definition) is 6. The lowest BCUT2D eigenvalue weighted by Gasteiger charge is -2.26. The fourth-order valence-electron chi connectivity index (χ4n) is 2.46. The number of anilines is 4. The maximum Gasteiger partial charge on any atom is 0.411 e. The number of nitrogens with one attached hydrogen (secondary N) is 2. The Kier molecular flexibility index (Phi) is 7.24. The maximum absolute atomic E-state index is 12.6. The number of carbonyl (C=O) groups is 3. The highest BCUT2D eigenvalue weighted by molar-refractivity contribution is 5.99. The Morgan fingerprint density at radius 3 is 1.60 bits per heavy atom. The molecule has 2 aromatic carbocycles. The Labute approximate surface area is 175 Å². The maximum atomic E-state index is 12.6. The molecule has 2 aromatic rings. The minimum Gasteiger partial charge on any atom is -0.444 e. The first kappa shape index (κ1) is 22.5. The van der Waals surface area contributed by atoms with Crippen molar-refractivity contribution in [3.05, 3.63) is 48.5 Å². The van der Waals surface area contributed by atoms with E-state index >= 15 is 0 Å². The fourth-order valence-corrected chi connectivity index (χ4v) is 2.46. The zero-order valence-electron chi connectivity index (χ0n) is 17.3. The van der Waals surface area contributed by atoms with E-state index in [1.54, 1.807) is 69.3 Å². The fraction of sp³-hybridized carbons (Fsp3) is 0.286. The van der Waals surface area contributed by atoms with Gasteiger partial charge in [0.2, 0.25) is 11.8 Å². The molecule has 3 amide bonds. The summed E-state index contributed by atoms with van der Waals surface area (Å²) in [5.74, 6) is -1.04. The van der Waals surface area contributed by atoms with Gasteiger partial charge in [-0.3, -0.25) is 14.5 Å². The molecule has 160 valence electrons. The molecule has 0 aliphatic rings. The Morgan fingerprint density at radius 1 is 0.833 bits per heavy atom. The predicted molar refractivity (Wildman–Crippen MR) is 117 cm³/mol. The number of hydrogen-bond donors (Lipinski definition) is 4. The molecular formula is C21H27N5O4. The van der Waals surface area contributed by atoms with Gasteiger partial charge in [-0.05, 0) is 45.0 Å². The molecule has 0 unspecified atom stereocenters. The molecule has 0 fully saturated rings. The average Bonchev–Trinajstić information content (AvgIpc) is 2.63. The van der Waals surface area contributed by atoms with E-state index in [4.69, 9.17) is 16.2 Å². The second-order valence-corrected chi connectivity index (χ2v) is 7.61. The van der Waals surface area contributed by atoms with Crippen molar-refractivity contribution in [1.29, 1.82) is 0 Å². The minimum atomic E-state index is -0.796. The van der Waals surface area contributed by atoms with Gasteiger partial charge < -0.3 is 26.8 Å². The van der Waals surface area contributed by atoms with Crippen molar-refractivity contribution in [1.82, 2.24) is 4.90 Å². The van der Waals surface area contributed by atoms with Crippen LogP contribution >= 0.6 is 0 Å². The monoisotopic (exact) mass is 413 g/mol. The number of ether oxygens (including phenoxy) is 1. The number of amides is 3. The lowest BCUT2D eigenvalue weighted by atomic mass is 10.2. The molecule has 9 nitrogen and oxygen atoms in total. The van der Waals surface area contributed by atoms with Crippen molar-refractivity contribution in [3.63, 3.8) is 0 Å². The Bertz CT molecular complexity index is 862. The van der Waals surface area contributed by atoms with Crippen LogP contribution in [0.25, 0.3) is 0 Å². The standard InChI is InChI=1S/C21H27N5O4/c1-21(2,3)30-20(29)26(12-18(27)24-16-10-6-4-8-14(16)22)13-19(28)25-17-11-7-5-9-15(17)23/h4-11H,12-13,22-23H2,1-3H3,(H,24,27)(H,25,28). The summed E-state index contributed by atoms with van der Waals surface area (Å²) in [6.45, 7) is 4.28. The van der Waals surface area contributed by atoms with Crippen molar-refractivity contribution in [2.75, 3.05) is 35.2 Å². The topological polar surface area (TPSA) is 140 Å². The molecule has 6 N–H and O–H groups in total. The summed E-state index contributed by atoms with van der Waals surface area (Å²) >= 11 is 0. The Hall–Kier alpha value is -3.75. The summed E-state index contributed by atoms with van der Waals surface area (Å²) < 4.78 is 5.33. The van der Waals surface area contributed by atoms with Crippen molar-refractivity contribution < 1.29 is 19.1 Å². The smallest absolute Gasteiger partial charge is 0.411 e. The number of benzene rings is 2. The quantitative estimate of drug-likeness (QED) is 0.537. The van der Waals surface area contributed by atoms with Crippen LogP contribution in [-0.2, 0) is 14.3 Å². The lowest BCUT2D eigenvalue weighted by Crippen LogP contribution is -2.45. The number of carbonyl (C=O) groups excluding carboxylic acids is 3. The van der Waals surface area contributed by atoms with Crippen LogP contribution < -0.4 is 22.1 Å². The minimum absolute atomic E-state index is 0.381. The van der Waals surface area contributed by atoms with E-state index < -0.39 is 36.6 Å². The third kappa shape index (κ3) is 7.01. The van der Waals surface area contributed by atoms with Gasteiger partial charge in [0.25, 0.3) is 0 Å². The van der Waals surface area contributed by atoms with Crippen LogP contribution in [0.5, 0.6) is 0 Å². The van der Waals surface area contributed by atoms with Crippen LogP contribution in [-0.4, -0.2) is 41.5 Å². The molecule has 0 aliphatic carbocycles. The molecule has 2 rings (SSSR count). The summed E-state index contributed by atoms with van der Waals surface area (Å²) in [5, 5.41) is 5.25. The van der Waals surface area contributed by atoms with E-state index in [0.717, 1.165) is 4.90 Å². The number of nitrogens with two attached hydrogens (primary N) is 2. The van der Waals surface area contributed by atoms with Gasteiger partial charge in [-0.25, -0.2) is 4.79 Å². The SMILES string of the molecule is CC(C)(C)OC(=O)N(CC(=O)Nc1ccccc1N)CC(=O)Nc1ccccc1N. The third-order valence-electron chi connectivity index (χ3n) is 3.79. The number of nitrogen functional groups attached to an aromatic ring is 2. The summed E-state index contributed by atoms with van der Waals surface area (Å²) in [5.41, 5.74) is 12.4. The first-order chi connectivity index (χ1) is 14.0. The predicted octanol–water partition coefficient (Wildman–Crippen LogP) is 2.67. The summed E-state index contributed by atoms with van der Waals surface area (Å²) in [7, 11) is 0. The second kappa shape index (κ2) is 9.64. The van der Waals surface area contributed by atoms with E-state index in [0.29, 0.717) is 22.7 Å². The highest BCUT2D eigenvalue weighted by Crippen LogP contribution is 2.18. The van der Waals surface area contributed by atoms with Gasteiger partial charge in [-0.2, -0.15) is 0 Å². The molecule has 0 spiro atoms. The van der Waals surface area contributed by atoms with Crippen LogP contribution in [0.3, 0.4) is 0 Å². The van der Waals surface area contributed by atoms with Gasteiger partial charge in [0.15, 0.2) is 0 Å². The highest BCUT2D eigenvalue weighted by Gasteiger charge is 2.26. The number of para-hydroxylation sites is 4. The van der Waals surface area contributed by atoms with E-state index in [1.807, 2.05) is 0 Å². The first-order valence-electron chi connectivity index (χ1n) is 9.32. The molecule has 0 atom stereocenters. The molecule has 0 bridgehead atoms. The van der Waals surface area contributed by atoms with Crippen molar-refractivity contribution in [2.45, 2.75) is 26.4 Å². The molecule has 0 heterocycles. The van der Waals surface area contributed by atoms with Crippen LogP contribution in [0.4, 0.5) is 27.5 Å². The number of nitrogens with zero attached hydrogens (tertiary/aromatic N) is 1. The molecule has 0 aromatic heterocycles. The van der Waals surface area contributed by atoms with Gasteiger partial charge in [-0.1, -0.05) is 24.3 Å². The van der Waals surface area contributed by atoms with Crippen LogP contribution in [0.15, 0.2) is 48.5 Å². The molecule has 0 saturated carbocycles. The summed E-state index contributed by atoms with van der Waals surface area (Å²) in [6, 6.07) is 13.4. The van der Waals surface area contributed by atoms with E-state index in [2.05, 4.69) is 10.6 Å². The molecular weight excluding hydrogens is 386 g/mol. The van der Waals surface area contributed by atoms with Crippen molar-refractivity contribution in [3.8, 4) is 0 Å². The Morgan fingerprint density at radius 2 is 1.23 bits per heavy atom. The first-order valence-corrected chi connectivity index (χ1v) is 9.32.